The molecule has 1 aliphatic carbocycles. The average Bonchev–Trinajstić information content (AvgIpc) is 2.30. The molecule has 0 aliphatic heterocycles. The molecule has 1 amide bonds. The predicted molar refractivity (Wildman–Crippen MR) is 66.1 cm³/mol. The van der Waals surface area contributed by atoms with Gasteiger partial charge in [-0.3, -0.25) is 0 Å². The quantitative estimate of drug-likeness (QED) is 0.575. The van der Waals surface area contributed by atoms with Crippen molar-refractivity contribution in [1.82, 2.24) is 9.03 Å². The number of rotatable bonds is 6. The molecule has 1 saturated carbocycles. The maximum absolute atomic E-state index is 11.5. The van der Waals surface area contributed by atoms with Crippen LogP contribution < -0.4 is 4.72 Å². The first-order valence-electron chi connectivity index (χ1n) is 6.09. The first-order valence-corrected chi connectivity index (χ1v) is 7.53. The number of nitrogens with zero attached hydrogens (tertiary/aromatic N) is 1. The molecular weight excluding hydrogens is 329 g/mol. The smallest absolute Gasteiger partial charge is 0.519 e. The molecule has 1 N–H and O–H groups in total. The zero-order chi connectivity index (χ0) is 12.9. The molecule has 0 saturated heterocycles. The van der Waals surface area contributed by atoms with Crippen LogP contribution in [0.3, 0.4) is 0 Å². The second-order valence-electron chi connectivity index (χ2n) is 4.78. The minimum absolute atomic E-state index is 0. The molecule has 0 atom stereocenters. The normalized spacial score (nSPS) is 24.4. The Bertz CT molecular complexity index is 340. The summed E-state index contributed by atoms with van der Waals surface area (Å²) in [5.74, 6) is 1.21. The standard InChI is InChI=1S/C11H21N2O3S.Y/c1-3-10-4-6-11(7-5-10)8-13(2)17(15,16)12-9-14;/h10-11H,3-8H2,1-2H3,(H,12,14);/q-1;+3. The van der Waals surface area contributed by atoms with Crippen molar-refractivity contribution in [3.05, 3.63) is 0 Å². The minimum Gasteiger partial charge on any atom is -0.519 e. The molecule has 0 aromatic heterocycles. The van der Waals surface area contributed by atoms with Crippen LogP contribution in [0.25, 0.3) is 0 Å². The summed E-state index contributed by atoms with van der Waals surface area (Å²) in [5.41, 5.74) is 0. The fourth-order valence-electron chi connectivity index (χ4n) is 2.41. The zero-order valence-corrected chi connectivity index (χ0v) is 14.7. The van der Waals surface area contributed by atoms with Crippen LogP contribution in [0.2, 0.25) is 0 Å². The third kappa shape index (κ3) is 5.63. The molecule has 7 heteroatoms. The monoisotopic (exact) mass is 350 g/mol. The van der Waals surface area contributed by atoms with E-state index < -0.39 is 10.2 Å². The molecule has 1 rings (SSSR count). The summed E-state index contributed by atoms with van der Waals surface area (Å²) < 4.78 is 25.9. The summed E-state index contributed by atoms with van der Waals surface area (Å²) in [7, 11) is -2.18. The first-order chi connectivity index (χ1) is 7.99. The minimum atomic E-state index is -3.67. The molecule has 0 aromatic rings. The van der Waals surface area contributed by atoms with Crippen molar-refractivity contribution < 1.29 is 45.9 Å². The summed E-state index contributed by atoms with van der Waals surface area (Å²) in [6.07, 6.45) is 6.93. The largest absolute Gasteiger partial charge is 3.00 e. The molecular formula is C11H21N2O3SY+2. The van der Waals surface area contributed by atoms with E-state index in [0.29, 0.717) is 12.5 Å². The maximum atomic E-state index is 11.5. The molecule has 0 radical (unpaired) electrons. The number of carbonyl (C=O) groups excluding carboxylic acids is 1. The van der Waals surface area contributed by atoms with Gasteiger partial charge in [0, 0.05) is 13.6 Å². The maximum Gasteiger partial charge on any atom is 3.00 e. The van der Waals surface area contributed by atoms with Crippen LogP contribution in [0.1, 0.15) is 39.0 Å². The molecule has 1 aliphatic rings. The Hall–Kier alpha value is 0.484. The van der Waals surface area contributed by atoms with Crippen molar-refractivity contribution in [3.63, 3.8) is 0 Å². The summed E-state index contributed by atoms with van der Waals surface area (Å²) in [5, 5.41) is 0. The second-order valence-corrected chi connectivity index (χ2v) is 6.56. The van der Waals surface area contributed by atoms with E-state index in [1.54, 1.807) is 4.72 Å². The molecule has 100 valence electrons. The second kappa shape index (κ2) is 8.61. The van der Waals surface area contributed by atoms with Crippen molar-refractivity contribution in [3.8, 4) is 0 Å². The van der Waals surface area contributed by atoms with Gasteiger partial charge in [0.1, 0.15) is 0 Å². The van der Waals surface area contributed by atoms with E-state index in [9.17, 15) is 13.2 Å². The Morgan fingerprint density at radius 3 is 2.17 bits per heavy atom. The van der Waals surface area contributed by atoms with Crippen molar-refractivity contribution in [2.75, 3.05) is 13.6 Å². The van der Waals surface area contributed by atoms with Crippen molar-refractivity contribution in [1.29, 1.82) is 0 Å². The van der Waals surface area contributed by atoms with E-state index in [2.05, 4.69) is 6.92 Å². The van der Waals surface area contributed by atoms with Gasteiger partial charge < -0.3 is 9.52 Å². The van der Waals surface area contributed by atoms with Gasteiger partial charge >= 0.3 is 32.7 Å². The van der Waals surface area contributed by atoms with Crippen LogP contribution in [-0.2, 0) is 47.7 Å². The van der Waals surface area contributed by atoms with Crippen molar-refractivity contribution in [2.45, 2.75) is 39.0 Å². The van der Waals surface area contributed by atoms with E-state index in [-0.39, 0.29) is 32.7 Å². The molecule has 5 nitrogen and oxygen atoms in total. The van der Waals surface area contributed by atoms with Gasteiger partial charge in [-0.1, -0.05) is 26.2 Å². The van der Waals surface area contributed by atoms with Gasteiger partial charge in [-0.2, -0.15) is 19.1 Å². The molecule has 0 aromatic carbocycles. The topological polar surface area (TPSA) is 66.5 Å². The Morgan fingerprint density at radius 2 is 1.72 bits per heavy atom. The van der Waals surface area contributed by atoms with Gasteiger partial charge in [-0.15, -0.1) is 0 Å². The van der Waals surface area contributed by atoms with Gasteiger partial charge in [0.15, 0.2) is 0 Å². The molecule has 0 heterocycles. The first kappa shape index (κ1) is 18.5. The van der Waals surface area contributed by atoms with Crippen LogP contribution in [0.4, 0.5) is 0 Å². The number of amides is 1. The molecule has 0 spiro atoms. The Kier molecular flexibility index (Phi) is 8.85. The van der Waals surface area contributed by atoms with Crippen LogP contribution in [0.5, 0.6) is 0 Å². The third-order valence-corrected chi connectivity index (χ3v) is 4.95. The van der Waals surface area contributed by atoms with Crippen molar-refractivity contribution in [2.24, 2.45) is 11.8 Å². The van der Waals surface area contributed by atoms with Gasteiger partial charge in [0.05, 0.1) is 0 Å². The number of hydrogen-bond donors (Lipinski definition) is 1. The number of nitrogens with one attached hydrogen (secondary N) is 1. The van der Waals surface area contributed by atoms with Crippen LogP contribution in [0.15, 0.2) is 0 Å². The van der Waals surface area contributed by atoms with E-state index >= 15 is 0 Å². The summed E-state index contributed by atoms with van der Waals surface area (Å²) >= 11 is 0. The fraction of sp³-hybridized carbons (Fsp3) is 0.909. The summed E-state index contributed by atoms with van der Waals surface area (Å²) in [6, 6.07) is 0. The summed E-state index contributed by atoms with van der Waals surface area (Å²) in [4.78, 5) is 10.1. The van der Waals surface area contributed by atoms with Gasteiger partial charge in [-0.05, 0) is 24.7 Å². The summed E-state index contributed by atoms with van der Waals surface area (Å²) in [6.45, 7) is 2.68. The van der Waals surface area contributed by atoms with E-state index in [1.807, 2.05) is 0 Å². The fourth-order valence-corrected chi connectivity index (χ4v) is 3.08. The SMILES string of the molecule is CCC1CCC(CN(C)S(=O)(=O)N[C-]=O)CC1.[Y+3]. The Labute approximate surface area is 135 Å². The van der Waals surface area contributed by atoms with Gasteiger partial charge in [-0.25, -0.2) is 0 Å². The van der Waals surface area contributed by atoms with Crippen LogP contribution in [-0.4, -0.2) is 32.7 Å². The zero-order valence-electron chi connectivity index (χ0n) is 11.1. The molecule has 1 fully saturated rings. The van der Waals surface area contributed by atoms with Gasteiger partial charge in [0.2, 0.25) is 0 Å². The molecule has 18 heavy (non-hydrogen) atoms. The third-order valence-electron chi connectivity index (χ3n) is 3.64. The van der Waals surface area contributed by atoms with E-state index in [1.165, 1.54) is 37.0 Å². The molecule has 0 bridgehead atoms. The average molecular weight is 350 g/mol. The van der Waals surface area contributed by atoms with Crippen LogP contribution in [0, 0.1) is 11.8 Å². The molecule has 0 unspecified atom stereocenters. The predicted octanol–water partition coefficient (Wildman–Crippen LogP) is 1.03. The van der Waals surface area contributed by atoms with E-state index in [4.69, 9.17) is 0 Å². The van der Waals surface area contributed by atoms with Crippen LogP contribution >= 0.6 is 0 Å². The van der Waals surface area contributed by atoms with Gasteiger partial charge in [0.25, 0.3) is 10.2 Å². The number of hydrogen-bond acceptors (Lipinski definition) is 3. The van der Waals surface area contributed by atoms with E-state index in [0.717, 1.165) is 18.8 Å². The Morgan fingerprint density at radius 1 is 1.22 bits per heavy atom. The Balaban J connectivity index is 0.00000289. The van der Waals surface area contributed by atoms with Crippen molar-refractivity contribution >= 4 is 16.6 Å².